The van der Waals surface area contributed by atoms with E-state index in [4.69, 9.17) is 5.73 Å². The number of nitrogens with zero attached hydrogens (tertiary/aromatic N) is 2. The van der Waals surface area contributed by atoms with Crippen LogP contribution in [0.4, 0.5) is 5.69 Å². The number of para-hydroxylation sites is 1. The van der Waals surface area contributed by atoms with Gasteiger partial charge in [0.05, 0.1) is 11.2 Å². The molecule has 2 aromatic rings. The van der Waals surface area contributed by atoms with E-state index in [-0.39, 0.29) is 0 Å². The summed E-state index contributed by atoms with van der Waals surface area (Å²) in [6, 6.07) is 8.80. The standard InChI is InChI=1S/C15H21N3/c1-17-13(11-16)10-12-6-5-7-14(15(12)17)18-8-3-2-4-9-18/h5-7,10H,2-4,8-9,11,16H2,1H3. The molecule has 0 saturated carbocycles. The Hall–Kier alpha value is -1.48. The number of aryl methyl sites for hydroxylation is 1. The highest BCUT2D eigenvalue weighted by molar-refractivity contribution is 5.93. The lowest BCUT2D eigenvalue weighted by molar-refractivity contribution is 0.578. The molecule has 1 aliphatic rings. The zero-order valence-corrected chi connectivity index (χ0v) is 11.0. The maximum Gasteiger partial charge on any atom is 0.0718 e. The fraction of sp³-hybridized carbons (Fsp3) is 0.467. The van der Waals surface area contributed by atoms with E-state index in [1.807, 2.05) is 0 Å². The van der Waals surface area contributed by atoms with Crippen LogP contribution in [0.5, 0.6) is 0 Å². The zero-order valence-electron chi connectivity index (χ0n) is 11.0. The fourth-order valence-corrected chi connectivity index (χ4v) is 3.04. The van der Waals surface area contributed by atoms with Gasteiger partial charge in [0.15, 0.2) is 0 Å². The largest absolute Gasteiger partial charge is 0.370 e. The molecule has 1 aromatic carbocycles. The summed E-state index contributed by atoms with van der Waals surface area (Å²) >= 11 is 0. The van der Waals surface area contributed by atoms with E-state index >= 15 is 0 Å². The molecule has 1 saturated heterocycles. The second-order valence-electron chi connectivity index (χ2n) is 5.16. The molecule has 0 spiro atoms. The third-order valence-electron chi connectivity index (χ3n) is 4.04. The highest BCUT2D eigenvalue weighted by Gasteiger charge is 2.16. The Bertz CT molecular complexity index is 550. The molecule has 0 bridgehead atoms. The van der Waals surface area contributed by atoms with Gasteiger partial charge in [-0.05, 0) is 31.4 Å². The SMILES string of the molecule is Cn1c(CN)cc2cccc(N3CCCCC3)c21. The molecule has 0 unspecified atom stereocenters. The van der Waals surface area contributed by atoms with Crippen LogP contribution in [0, 0.1) is 0 Å². The summed E-state index contributed by atoms with van der Waals surface area (Å²) in [6.45, 7) is 2.97. The molecule has 1 aromatic heterocycles. The zero-order chi connectivity index (χ0) is 12.5. The van der Waals surface area contributed by atoms with Crippen LogP contribution in [-0.4, -0.2) is 17.7 Å². The second kappa shape index (κ2) is 4.65. The average Bonchev–Trinajstić information content (AvgIpc) is 2.76. The minimum atomic E-state index is 0.602. The van der Waals surface area contributed by atoms with Crippen molar-refractivity contribution in [1.29, 1.82) is 0 Å². The maximum absolute atomic E-state index is 5.81. The normalized spacial score (nSPS) is 16.4. The van der Waals surface area contributed by atoms with Crippen molar-refractivity contribution < 1.29 is 0 Å². The van der Waals surface area contributed by atoms with E-state index in [0.717, 1.165) is 0 Å². The van der Waals surface area contributed by atoms with Gasteiger partial charge in [-0.15, -0.1) is 0 Å². The summed E-state index contributed by atoms with van der Waals surface area (Å²) < 4.78 is 2.25. The smallest absolute Gasteiger partial charge is 0.0718 e. The number of benzene rings is 1. The third-order valence-corrected chi connectivity index (χ3v) is 4.04. The molecule has 2 heterocycles. The number of rotatable bonds is 2. The number of hydrogen-bond acceptors (Lipinski definition) is 2. The van der Waals surface area contributed by atoms with Gasteiger partial charge in [0.25, 0.3) is 0 Å². The Kier molecular flexibility index (Phi) is 3.00. The van der Waals surface area contributed by atoms with Crippen LogP contribution in [-0.2, 0) is 13.6 Å². The highest BCUT2D eigenvalue weighted by atomic mass is 15.1. The van der Waals surface area contributed by atoms with Gasteiger partial charge in [-0.3, -0.25) is 0 Å². The van der Waals surface area contributed by atoms with Crippen LogP contribution in [0.1, 0.15) is 25.0 Å². The number of piperidine rings is 1. The molecule has 3 rings (SSSR count). The van der Waals surface area contributed by atoms with E-state index in [9.17, 15) is 0 Å². The lowest BCUT2D eigenvalue weighted by Gasteiger charge is -2.29. The number of fused-ring (bicyclic) bond motifs is 1. The van der Waals surface area contributed by atoms with Gasteiger partial charge < -0.3 is 15.2 Å². The fourth-order valence-electron chi connectivity index (χ4n) is 3.04. The average molecular weight is 243 g/mol. The number of hydrogen-bond donors (Lipinski definition) is 1. The van der Waals surface area contributed by atoms with Crippen molar-refractivity contribution >= 4 is 16.6 Å². The topological polar surface area (TPSA) is 34.2 Å². The lowest BCUT2D eigenvalue weighted by Crippen LogP contribution is -2.29. The highest BCUT2D eigenvalue weighted by Crippen LogP contribution is 2.30. The van der Waals surface area contributed by atoms with E-state index in [0.29, 0.717) is 6.54 Å². The first-order chi connectivity index (χ1) is 8.81. The molecule has 0 amide bonds. The summed E-state index contributed by atoms with van der Waals surface area (Å²) in [5, 5.41) is 1.31. The van der Waals surface area contributed by atoms with Crippen LogP contribution >= 0.6 is 0 Å². The van der Waals surface area contributed by atoms with Crippen LogP contribution in [0.3, 0.4) is 0 Å². The molecule has 3 nitrogen and oxygen atoms in total. The second-order valence-corrected chi connectivity index (χ2v) is 5.16. The van der Waals surface area contributed by atoms with Crippen molar-refractivity contribution in [2.45, 2.75) is 25.8 Å². The van der Waals surface area contributed by atoms with Crippen LogP contribution < -0.4 is 10.6 Å². The van der Waals surface area contributed by atoms with Gasteiger partial charge in [0.2, 0.25) is 0 Å². The molecule has 2 N–H and O–H groups in total. The van der Waals surface area contributed by atoms with E-state index in [1.54, 1.807) is 0 Å². The molecule has 1 fully saturated rings. The molecular weight excluding hydrogens is 222 g/mol. The first-order valence-corrected chi connectivity index (χ1v) is 6.83. The van der Waals surface area contributed by atoms with Gasteiger partial charge in [-0.2, -0.15) is 0 Å². The van der Waals surface area contributed by atoms with Gasteiger partial charge in [0, 0.05) is 37.8 Å². The number of nitrogens with two attached hydrogens (primary N) is 1. The monoisotopic (exact) mass is 243 g/mol. The minimum absolute atomic E-state index is 0.602. The van der Waals surface area contributed by atoms with Gasteiger partial charge in [-0.25, -0.2) is 0 Å². The molecular formula is C15H21N3. The van der Waals surface area contributed by atoms with Gasteiger partial charge >= 0.3 is 0 Å². The molecule has 1 aliphatic heterocycles. The molecule has 0 radical (unpaired) electrons. The Morgan fingerprint density at radius 2 is 1.94 bits per heavy atom. The Morgan fingerprint density at radius 3 is 2.67 bits per heavy atom. The summed E-state index contributed by atoms with van der Waals surface area (Å²) in [7, 11) is 2.12. The van der Waals surface area contributed by atoms with Gasteiger partial charge in [0.1, 0.15) is 0 Å². The first-order valence-electron chi connectivity index (χ1n) is 6.83. The van der Waals surface area contributed by atoms with Crippen molar-refractivity contribution in [3.63, 3.8) is 0 Å². The lowest BCUT2D eigenvalue weighted by atomic mass is 10.1. The predicted molar refractivity (Wildman–Crippen MR) is 76.9 cm³/mol. The summed E-state index contributed by atoms with van der Waals surface area (Å²) in [6.07, 6.45) is 3.99. The van der Waals surface area contributed by atoms with Crippen LogP contribution in [0.15, 0.2) is 24.3 Å². The van der Waals surface area contributed by atoms with Crippen LogP contribution in [0.25, 0.3) is 10.9 Å². The Labute approximate surface area is 108 Å². The third kappa shape index (κ3) is 1.79. The van der Waals surface area contributed by atoms with Gasteiger partial charge in [-0.1, -0.05) is 12.1 Å². The van der Waals surface area contributed by atoms with Crippen molar-refractivity contribution in [2.24, 2.45) is 12.8 Å². The Morgan fingerprint density at radius 1 is 1.17 bits per heavy atom. The summed E-state index contributed by atoms with van der Waals surface area (Å²) in [5.41, 5.74) is 9.71. The van der Waals surface area contributed by atoms with Crippen molar-refractivity contribution in [2.75, 3.05) is 18.0 Å². The summed E-state index contributed by atoms with van der Waals surface area (Å²) in [4.78, 5) is 2.52. The molecule has 96 valence electrons. The van der Waals surface area contributed by atoms with Crippen molar-refractivity contribution in [1.82, 2.24) is 4.57 Å². The van der Waals surface area contributed by atoms with E-state index < -0.39 is 0 Å². The maximum atomic E-state index is 5.81. The first kappa shape index (κ1) is 11.6. The number of aromatic nitrogens is 1. The molecule has 3 heteroatoms. The van der Waals surface area contributed by atoms with Crippen molar-refractivity contribution in [3.05, 3.63) is 30.0 Å². The molecule has 18 heavy (non-hydrogen) atoms. The van der Waals surface area contributed by atoms with Crippen LogP contribution in [0.2, 0.25) is 0 Å². The predicted octanol–water partition coefficient (Wildman–Crippen LogP) is 2.63. The molecule has 0 aliphatic carbocycles. The Balaban J connectivity index is 2.13. The minimum Gasteiger partial charge on any atom is -0.370 e. The van der Waals surface area contributed by atoms with E-state index in [2.05, 4.69) is 40.8 Å². The number of anilines is 1. The van der Waals surface area contributed by atoms with Crippen molar-refractivity contribution in [3.8, 4) is 0 Å². The van der Waals surface area contributed by atoms with E-state index in [1.165, 1.54) is 54.6 Å². The quantitative estimate of drug-likeness (QED) is 0.880. The summed E-state index contributed by atoms with van der Waals surface area (Å²) in [5.74, 6) is 0. The molecule has 0 atom stereocenters.